The first-order valence-electron chi connectivity index (χ1n) is 4.28. The van der Waals surface area contributed by atoms with Crippen LogP contribution in [0.3, 0.4) is 0 Å². The summed E-state index contributed by atoms with van der Waals surface area (Å²) in [6.07, 6.45) is 0. The van der Waals surface area contributed by atoms with Gasteiger partial charge in [0.15, 0.2) is 0 Å². The highest BCUT2D eigenvalue weighted by Gasteiger charge is 2.16. The number of rotatable bonds is 1. The average molecular weight is 179 g/mol. The molecule has 0 fully saturated rings. The largest absolute Gasteiger partial charge is 0.489 e. The van der Waals surface area contributed by atoms with Crippen molar-refractivity contribution in [3.8, 4) is 5.75 Å². The quantitative estimate of drug-likeness (QED) is 0.546. The van der Waals surface area contributed by atoms with Crippen molar-refractivity contribution in [2.75, 3.05) is 24.2 Å². The third-order valence-electron chi connectivity index (χ3n) is 2.09. The van der Waals surface area contributed by atoms with Gasteiger partial charge in [0.05, 0.1) is 11.7 Å². The van der Waals surface area contributed by atoms with E-state index in [4.69, 9.17) is 16.2 Å². The summed E-state index contributed by atoms with van der Waals surface area (Å²) in [7, 11) is 0. The Morgan fingerprint density at radius 2 is 2.38 bits per heavy atom. The molecule has 4 heteroatoms. The van der Waals surface area contributed by atoms with Gasteiger partial charge in [-0.3, -0.25) is 0 Å². The van der Waals surface area contributed by atoms with Crippen LogP contribution in [-0.4, -0.2) is 19.2 Å². The molecular weight excluding hydrogens is 166 g/mol. The molecule has 2 rings (SSSR count). The third kappa shape index (κ3) is 1.53. The predicted octanol–water partition coefficient (Wildman–Crippen LogP) is 0.400. The Bertz CT molecular complexity index is 314. The highest BCUT2D eigenvalue weighted by atomic mass is 16.5. The first-order chi connectivity index (χ1) is 6.29. The topological polar surface area (TPSA) is 73.3 Å². The molecule has 1 aliphatic rings. The summed E-state index contributed by atoms with van der Waals surface area (Å²) in [5.74, 6) is 0.810. The third-order valence-corrected chi connectivity index (χ3v) is 2.09. The van der Waals surface area contributed by atoms with Gasteiger partial charge in [-0.25, -0.2) is 0 Å². The van der Waals surface area contributed by atoms with Crippen molar-refractivity contribution in [1.82, 2.24) is 0 Å². The van der Waals surface area contributed by atoms with E-state index in [2.05, 4.69) is 5.32 Å². The molecule has 1 aromatic carbocycles. The van der Waals surface area contributed by atoms with Gasteiger partial charge < -0.3 is 21.5 Å². The van der Waals surface area contributed by atoms with Crippen LogP contribution in [0.4, 0.5) is 11.4 Å². The van der Waals surface area contributed by atoms with Crippen molar-refractivity contribution in [3.63, 3.8) is 0 Å². The van der Waals surface area contributed by atoms with E-state index in [1.165, 1.54) is 0 Å². The molecule has 5 N–H and O–H groups in total. The maximum absolute atomic E-state index is 5.62. The molecule has 1 unspecified atom stereocenters. The van der Waals surface area contributed by atoms with Crippen LogP contribution < -0.4 is 21.5 Å². The Hall–Kier alpha value is -1.42. The molecule has 4 nitrogen and oxygen atoms in total. The predicted molar refractivity (Wildman–Crippen MR) is 52.8 cm³/mol. The summed E-state index contributed by atoms with van der Waals surface area (Å²) in [4.78, 5) is 0. The summed E-state index contributed by atoms with van der Waals surface area (Å²) in [6.45, 7) is 1.18. The van der Waals surface area contributed by atoms with E-state index in [0.29, 0.717) is 18.8 Å². The van der Waals surface area contributed by atoms with E-state index in [1.54, 1.807) is 0 Å². The molecule has 0 radical (unpaired) electrons. The Labute approximate surface area is 76.9 Å². The first-order valence-corrected chi connectivity index (χ1v) is 4.28. The SMILES string of the molecule is NCC1COc2cc(N)ccc2N1. The normalized spacial score (nSPS) is 19.9. The lowest BCUT2D eigenvalue weighted by Gasteiger charge is -2.26. The van der Waals surface area contributed by atoms with Crippen molar-refractivity contribution >= 4 is 11.4 Å². The van der Waals surface area contributed by atoms with Gasteiger partial charge in [-0.05, 0) is 12.1 Å². The van der Waals surface area contributed by atoms with Gasteiger partial charge >= 0.3 is 0 Å². The Morgan fingerprint density at radius 1 is 1.54 bits per heavy atom. The molecule has 0 spiro atoms. The lowest BCUT2D eigenvalue weighted by Crippen LogP contribution is -2.37. The van der Waals surface area contributed by atoms with Gasteiger partial charge in [-0.2, -0.15) is 0 Å². The Kier molecular flexibility index (Phi) is 1.98. The van der Waals surface area contributed by atoms with Crippen LogP contribution in [0, 0.1) is 0 Å². The van der Waals surface area contributed by atoms with E-state index >= 15 is 0 Å². The van der Waals surface area contributed by atoms with E-state index in [9.17, 15) is 0 Å². The minimum atomic E-state index is 0.205. The average Bonchev–Trinajstić information content (AvgIpc) is 2.17. The zero-order valence-electron chi connectivity index (χ0n) is 7.29. The van der Waals surface area contributed by atoms with E-state index in [-0.39, 0.29) is 6.04 Å². The smallest absolute Gasteiger partial charge is 0.144 e. The fraction of sp³-hybridized carbons (Fsp3) is 0.333. The second-order valence-corrected chi connectivity index (χ2v) is 3.14. The number of hydrogen-bond acceptors (Lipinski definition) is 4. The van der Waals surface area contributed by atoms with Crippen LogP contribution in [0.2, 0.25) is 0 Å². The summed E-state index contributed by atoms with van der Waals surface area (Å²) in [6, 6.07) is 5.77. The van der Waals surface area contributed by atoms with Gasteiger partial charge in [0.1, 0.15) is 12.4 Å². The molecule has 0 amide bonds. The van der Waals surface area contributed by atoms with E-state index in [1.807, 2.05) is 18.2 Å². The number of anilines is 2. The second kappa shape index (κ2) is 3.14. The molecule has 1 atom stereocenters. The fourth-order valence-corrected chi connectivity index (χ4v) is 1.36. The van der Waals surface area contributed by atoms with Crippen LogP contribution in [-0.2, 0) is 0 Å². The van der Waals surface area contributed by atoms with Gasteiger partial charge in [0.25, 0.3) is 0 Å². The highest BCUT2D eigenvalue weighted by Crippen LogP contribution is 2.30. The molecule has 1 aliphatic heterocycles. The van der Waals surface area contributed by atoms with Gasteiger partial charge in [-0.15, -0.1) is 0 Å². The molecule has 70 valence electrons. The summed E-state index contributed by atoms with van der Waals surface area (Å²) < 4.78 is 5.49. The number of ether oxygens (including phenoxy) is 1. The number of benzene rings is 1. The molecular formula is C9H13N3O. The zero-order chi connectivity index (χ0) is 9.26. The second-order valence-electron chi connectivity index (χ2n) is 3.14. The van der Waals surface area contributed by atoms with Gasteiger partial charge in [0, 0.05) is 18.3 Å². The van der Waals surface area contributed by atoms with Crippen molar-refractivity contribution < 1.29 is 4.74 Å². The lowest BCUT2D eigenvalue weighted by molar-refractivity contribution is 0.287. The molecule has 1 aromatic rings. The van der Waals surface area contributed by atoms with Crippen LogP contribution in [0.5, 0.6) is 5.75 Å². The molecule has 13 heavy (non-hydrogen) atoms. The van der Waals surface area contributed by atoms with Crippen LogP contribution >= 0.6 is 0 Å². The highest BCUT2D eigenvalue weighted by molar-refractivity contribution is 5.63. The first kappa shape index (κ1) is 8.19. The molecule has 1 heterocycles. The Balaban J connectivity index is 2.26. The maximum Gasteiger partial charge on any atom is 0.144 e. The van der Waals surface area contributed by atoms with Crippen molar-refractivity contribution in [1.29, 1.82) is 0 Å². The van der Waals surface area contributed by atoms with E-state index < -0.39 is 0 Å². The van der Waals surface area contributed by atoms with Gasteiger partial charge in [0.2, 0.25) is 0 Å². The standard InChI is InChI=1S/C9H13N3O/c10-4-7-5-13-9-3-6(11)1-2-8(9)12-7/h1-3,7,12H,4-5,10-11H2. The summed E-state index contributed by atoms with van der Waals surface area (Å²) >= 11 is 0. The lowest BCUT2D eigenvalue weighted by atomic mass is 10.2. The van der Waals surface area contributed by atoms with Crippen LogP contribution in [0.1, 0.15) is 0 Å². The molecule has 0 bridgehead atoms. The van der Waals surface area contributed by atoms with Crippen molar-refractivity contribution in [3.05, 3.63) is 18.2 Å². The number of nitrogens with one attached hydrogen (secondary N) is 1. The number of fused-ring (bicyclic) bond motifs is 1. The number of nitrogen functional groups attached to an aromatic ring is 1. The van der Waals surface area contributed by atoms with Gasteiger partial charge in [-0.1, -0.05) is 0 Å². The minimum absolute atomic E-state index is 0.205. The molecule has 0 saturated heterocycles. The summed E-state index contributed by atoms with van der Waals surface area (Å²) in [5, 5.41) is 3.27. The van der Waals surface area contributed by atoms with E-state index in [0.717, 1.165) is 11.4 Å². The van der Waals surface area contributed by atoms with Crippen molar-refractivity contribution in [2.45, 2.75) is 6.04 Å². The Morgan fingerprint density at radius 3 is 3.15 bits per heavy atom. The zero-order valence-corrected chi connectivity index (χ0v) is 7.29. The molecule has 0 saturated carbocycles. The van der Waals surface area contributed by atoms with Crippen LogP contribution in [0.25, 0.3) is 0 Å². The number of hydrogen-bond donors (Lipinski definition) is 3. The minimum Gasteiger partial charge on any atom is -0.489 e. The van der Waals surface area contributed by atoms with Crippen molar-refractivity contribution in [2.24, 2.45) is 5.73 Å². The molecule has 0 aromatic heterocycles. The summed E-state index contributed by atoms with van der Waals surface area (Å²) in [5.41, 5.74) is 12.8. The van der Waals surface area contributed by atoms with Crippen LogP contribution in [0.15, 0.2) is 18.2 Å². The maximum atomic E-state index is 5.62. The number of nitrogens with two attached hydrogens (primary N) is 2. The fourth-order valence-electron chi connectivity index (χ4n) is 1.36. The monoisotopic (exact) mass is 179 g/mol. The molecule has 0 aliphatic carbocycles.